The van der Waals surface area contributed by atoms with E-state index in [1.807, 2.05) is 0 Å². The first-order chi connectivity index (χ1) is 27.1. The van der Waals surface area contributed by atoms with Gasteiger partial charge in [-0.05, 0) is 122 Å². The highest BCUT2D eigenvalue weighted by Gasteiger charge is 2.36. The lowest BCUT2D eigenvalue weighted by molar-refractivity contribution is 0.661. The Morgan fingerprint density at radius 2 is 0.764 bits per heavy atom. The molecular formula is C55H38. The molecule has 10 aromatic rings. The van der Waals surface area contributed by atoms with Gasteiger partial charge < -0.3 is 0 Å². The first-order valence-electron chi connectivity index (χ1n) is 19.4. The molecule has 10 aromatic carbocycles. The molecule has 1 aliphatic carbocycles. The molecule has 0 heteroatoms. The van der Waals surface area contributed by atoms with Crippen LogP contribution in [-0.4, -0.2) is 0 Å². The third-order valence-corrected chi connectivity index (χ3v) is 12.3. The monoisotopic (exact) mass is 698 g/mol. The number of hydrogen-bond acceptors (Lipinski definition) is 0. The topological polar surface area (TPSA) is 0 Å². The third-order valence-electron chi connectivity index (χ3n) is 12.3. The van der Waals surface area contributed by atoms with Crippen LogP contribution in [0.5, 0.6) is 0 Å². The van der Waals surface area contributed by atoms with Gasteiger partial charge in [-0.15, -0.1) is 0 Å². The van der Waals surface area contributed by atoms with Crippen LogP contribution >= 0.6 is 0 Å². The molecule has 0 aromatic heterocycles. The van der Waals surface area contributed by atoms with Crippen LogP contribution in [0.25, 0.3) is 98.7 Å². The van der Waals surface area contributed by atoms with E-state index in [-0.39, 0.29) is 5.41 Å². The van der Waals surface area contributed by atoms with Crippen LogP contribution in [0.2, 0.25) is 0 Å². The standard InChI is InChI=1S/C55H38/c1-55(2)50-31-30-38(34-49(50)54-41-21-6-4-16-36(41)29-32-51(54)55)37-18-13-19-39(33-37)52-45-24-9-11-26-47(45)53(48-27-12-10-25-46(48)52)44-23-8-7-22-43(44)42-28-14-17-35-15-3-5-20-40(35)42/h3-34H,1-2H3. The first kappa shape index (κ1) is 31.7. The van der Waals surface area contributed by atoms with E-state index in [1.165, 1.54) is 110 Å². The highest BCUT2D eigenvalue weighted by molar-refractivity contribution is 6.23. The molecule has 0 spiro atoms. The number of fused-ring (bicyclic) bond motifs is 8. The molecule has 0 atom stereocenters. The van der Waals surface area contributed by atoms with Crippen LogP contribution in [0.15, 0.2) is 194 Å². The number of benzene rings is 10. The van der Waals surface area contributed by atoms with Crippen molar-refractivity contribution in [3.05, 3.63) is 205 Å². The second-order valence-corrected chi connectivity index (χ2v) is 15.6. The molecule has 0 saturated heterocycles. The molecule has 0 fully saturated rings. The van der Waals surface area contributed by atoms with Crippen molar-refractivity contribution in [3.63, 3.8) is 0 Å². The average Bonchev–Trinajstić information content (AvgIpc) is 3.48. The normalized spacial score (nSPS) is 13.1. The van der Waals surface area contributed by atoms with E-state index in [4.69, 9.17) is 0 Å². The van der Waals surface area contributed by atoms with Gasteiger partial charge in [0.05, 0.1) is 0 Å². The molecule has 0 aliphatic heterocycles. The summed E-state index contributed by atoms with van der Waals surface area (Å²) < 4.78 is 0. The zero-order valence-electron chi connectivity index (χ0n) is 31.0. The van der Waals surface area contributed by atoms with Crippen molar-refractivity contribution >= 4 is 43.1 Å². The van der Waals surface area contributed by atoms with E-state index in [9.17, 15) is 0 Å². The van der Waals surface area contributed by atoms with Gasteiger partial charge in [-0.3, -0.25) is 0 Å². The van der Waals surface area contributed by atoms with Crippen molar-refractivity contribution in [2.24, 2.45) is 0 Å². The Kier molecular flexibility index (Phi) is 7.00. The zero-order valence-corrected chi connectivity index (χ0v) is 31.0. The van der Waals surface area contributed by atoms with E-state index in [0.29, 0.717) is 0 Å². The Hall–Kier alpha value is -6.76. The SMILES string of the molecule is CC1(C)c2ccc(-c3cccc(-c4c5ccccc5c(-c5ccccc5-c5cccc6ccccc56)c5ccccc45)c3)cc2-c2c1ccc1ccccc21. The van der Waals surface area contributed by atoms with Crippen molar-refractivity contribution in [2.45, 2.75) is 19.3 Å². The van der Waals surface area contributed by atoms with Gasteiger partial charge in [0.25, 0.3) is 0 Å². The molecule has 11 rings (SSSR count). The van der Waals surface area contributed by atoms with Crippen molar-refractivity contribution in [3.8, 4) is 55.6 Å². The maximum Gasteiger partial charge on any atom is 0.0159 e. The summed E-state index contributed by atoms with van der Waals surface area (Å²) in [5, 5.41) is 10.2. The summed E-state index contributed by atoms with van der Waals surface area (Å²) in [7, 11) is 0. The van der Waals surface area contributed by atoms with Crippen molar-refractivity contribution in [1.82, 2.24) is 0 Å². The summed E-state index contributed by atoms with van der Waals surface area (Å²) in [5.74, 6) is 0. The van der Waals surface area contributed by atoms with E-state index >= 15 is 0 Å². The molecule has 0 unspecified atom stereocenters. The van der Waals surface area contributed by atoms with Gasteiger partial charge in [0.2, 0.25) is 0 Å². The molecule has 0 N–H and O–H groups in total. The molecule has 0 saturated carbocycles. The minimum Gasteiger partial charge on any atom is -0.0616 e. The molecule has 0 heterocycles. The Bertz CT molecular complexity index is 3110. The molecular weight excluding hydrogens is 661 g/mol. The lowest BCUT2D eigenvalue weighted by Gasteiger charge is -2.22. The molecule has 0 radical (unpaired) electrons. The van der Waals surface area contributed by atoms with Gasteiger partial charge in [-0.25, -0.2) is 0 Å². The quantitative estimate of drug-likeness (QED) is 0.161. The van der Waals surface area contributed by atoms with Gasteiger partial charge in [0.1, 0.15) is 0 Å². The molecule has 0 amide bonds. The van der Waals surface area contributed by atoms with E-state index < -0.39 is 0 Å². The van der Waals surface area contributed by atoms with Gasteiger partial charge in [0.15, 0.2) is 0 Å². The predicted molar refractivity (Wildman–Crippen MR) is 236 cm³/mol. The smallest absolute Gasteiger partial charge is 0.0159 e. The van der Waals surface area contributed by atoms with Crippen LogP contribution in [-0.2, 0) is 5.41 Å². The van der Waals surface area contributed by atoms with Crippen molar-refractivity contribution < 1.29 is 0 Å². The van der Waals surface area contributed by atoms with Gasteiger partial charge in [-0.1, -0.05) is 196 Å². The van der Waals surface area contributed by atoms with Gasteiger partial charge in [0, 0.05) is 5.41 Å². The zero-order chi connectivity index (χ0) is 36.7. The summed E-state index contributed by atoms with van der Waals surface area (Å²) in [5.41, 5.74) is 15.5. The van der Waals surface area contributed by atoms with Crippen molar-refractivity contribution in [2.75, 3.05) is 0 Å². The van der Waals surface area contributed by atoms with Gasteiger partial charge in [-0.2, -0.15) is 0 Å². The lowest BCUT2D eigenvalue weighted by atomic mass is 9.81. The molecule has 0 nitrogen and oxygen atoms in total. The highest BCUT2D eigenvalue weighted by atomic mass is 14.4. The maximum absolute atomic E-state index is 2.44. The Morgan fingerprint density at radius 3 is 1.49 bits per heavy atom. The number of rotatable bonds is 4. The Morgan fingerprint density at radius 1 is 0.273 bits per heavy atom. The fourth-order valence-corrected chi connectivity index (χ4v) is 9.68. The summed E-state index contributed by atoms with van der Waals surface area (Å²) >= 11 is 0. The second-order valence-electron chi connectivity index (χ2n) is 15.6. The summed E-state index contributed by atoms with van der Waals surface area (Å²) in [6.07, 6.45) is 0. The third kappa shape index (κ3) is 4.78. The summed E-state index contributed by atoms with van der Waals surface area (Å²) in [6.45, 7) is 4.74. The summed E-state index contributed by atoms with van der Waals surface area (Å²) in [4.78, 5) is 0. The molecule has 258 valence electrons. The Labute approximate surface area is 322 Å². The largest absolute Gasteiger partial charge is 0.0616 e. The second kappa shape index (κ2) is 12.1. The fourth-order valence-electron chi connectivity index (χ4n) is 9.68. The van der Waals surface area contributed by atoms with Gasteiger partial charge >= 0.3 is 0 Å². The first-order valence-corrected chi connectivity index (χ1v) is 19.4. The average molecular weight is 699 g/mol. The van der Waals surface area contributed by atoms with E-state index in [2.05, 4.69) is 208 Å². The van der Waals surface area contributed by atoms with Crippen molar-refractivity contribution in [1.29, 1.82) is 0 Å². The van der Waals surface area contributed by atoms with Crippen LogP contribution in [0, 0.1) is 0 Å². The molecule has 55 heavy (non-hydrogen) atoms. The molecule has 0 bridgehead atoms. The highest BCUT2D eigenvalue weighted by Crippen LogP contribution is 2.53. The fraction of sp³-hybridized carbons (Fsp3) is 0.0545. The lowest BCUT2D eigenvalue weighted by Crippen LogP contribution is -2.14. The van der Waals surface area contributed by atoms with Crippen LogP contribution in [0.1, 0.15) is 25.0 Å². The predicted octanol–water partition coefficient (Wildman–Crippen LogP) is 15.3. The van der Waals surface area contributed by atoms with E-state index in [0.717, 1.165) is 0 Å². The van der Waals surface area contributed by atoms with Crippen LogP contribution in [0.4, 0.5) is 0 Å². The summed E-state index contributed by atoms with van der Waals surface area (Å²) in [6, 6.07) is 72.2. The Balaban J connectivity index is 1.12. The van der Waals surface area contributed by atoms with Crippen LogP contribution in [0.3, 0.4) is 0 Å². The van der Waals surface area contributed by atoms with E-state index in [1.54, 1.807) is 0 Å². The van der Waals surface area contributed by atoms with Crippen LogP contribution < -0.4 is 0 Å². The minimum atomic E-state index is -0.0547. The number of hydrogen-bond donors (Lipinski definition) is 0. The maximum atomic E-state index is 2.44. The molecule has 1 aliphatic rings. The minimum absolute atomic E-state index is 0.0547.